The van der Waals surface area contributed by atoms with Crippen LogP contribution < -0.4 is 5.32 Å². The Morgan fingerprint density at radius 2 is 1.96 bits per heavy atom. The number of alkyl halides is 3. The van der Waals surface area contributed by atoms with Crippen LogP contribution in [0.1, 0.15) is 15.9 Å². The van der Waals surface area contributed by atoms with E-state index < -0.39 is 29.2 Å². The summed E-state index contributed by atoms with van der Waals surface area (Å²) in [7, 11) is 0. The fourth-order valence-corrected chi connectivity index (χ4v) is 2.45. The van der Waals surface area contributed by atoms with E-state index in [2.05, 4.69) is 26.3 Å². The Morgan fingerprint density at radius 1 is 1.21 bits per heavy atom. The van der Waals surface area contributed by atoms with Crippen LogP contribution in [0.25, 0.3) is 5.52 Å². The van der Waals surface area contributed by atoms with Crippen molar-refractivity contribution in [2.75, 3.05) is 5.32 Å². The number of nitrogens with one attached hydrogen (secondary N) is 1. The van der Waals surface area contributed by atoms with Gasteiger partial charge in [-0.2, -0.15) is 18.3 Å². The SMILES string of the molecule is O=C(Nc1cc(C(F)(F)F)ccc1F)c1cnn2cc(Br)ccc12. The molecule has 0 unspecified atom stereocenters. The van der Waals surface area contributed by atoms with Gasteiger partial charge in [-0.15, -0.1) is 0 Å². The van der Waals surface area contributed by atoms with E-state index >= 15 is 0 Å². The molecule has 0 bridgehead atoms. The van der Waals surface area contributed by atoms with Gasteiger partial charge in [-0.1, -0.05) is 0 Å². The molecule has 9 heteroatoms. The quantitative estimate of drug-likeness (QED) is 0.642. The van der Waals surface area contributed by atoms with E-state index in [0.717, 1.165) is 4.47 Å². The highest BCUT2D eigenvalue weighted by Gasteiger charge is 2.31. The molecule has 1 N–H and O–H groups in total. The van der Waals surface area contributed by atoms with Crippen molar-refractivity contribution in [1.82, 2.24) is 9.61 Å². The predicted molar refractivity (Wildman–Crippen MR) is 82.2 cm³/mol. The second-order valence-corrected chi connectivity index (χ2v) is 5.80. The molecule has 24 heavy (non-hydrogen) atoms. The molecule has 0 radical (unpaired) electrons. The first kappa shape index (κ1) is 16.4. The maximum absolute atomic E-state index is 13.7. The Labute approximate surface area is 141 Å². The summed E-state index contributed by atoms with van der Waals surface area (Å²) in [6.07, 6.45) is -1.77. The lowest BCUT2D eigenvalue weighted by atomic mass is 10.1. The number of fused-ring (bicyclic) bond motifs is 1. The minimum atomic E-state index is -4.64. The lowest BCUT2D eigenvalue weighted by molar-refractivity contribution is -0.137. The lowest BCUT2D eigenvalue weighted by Gasteiger charge is -2.10. The first-order valence-corrected chi connectivity index (χ1v) is 7.36. The van der Waals surface area contributed by atoms with E-state index in [0.29, 0.717) is 23.7 Å². The second kappa shape index (κ2) is 5.90. The number of pyridine rings is 1. The molecule has 2 heterocycles. The van der Waals surface area contributed by atoms with Gasteiger partial charge in [-0.05, 0) is 46.3 Å². The van der Waals surface area contributed by atoms with Gasteiger partial charge in [0, 0.05) is 10.7 Å². The topological polar surface area (TPSA) is 46.4 Å². The third-order valence-corrected chi connectivity index (χ3v) is 3.74. The Morgan fingerprint density at radius 3 is 2.67 bits per heavy atom. The number of nitrogens with zero attached hydrogens (tertiary/aromatic N) is 2. The summed E-state index contributed by atoms with van der Waals surface area (Å²) in [4.78, 5) is 12.3. The zero-order valence-electron chi connectivity index (χ0n) is 11.7. The highest BCUT2D eigenvalue weighted by Crippen LogP contribution is 2.32. The van der Waals surface area contributed by atoms with E-state index in [1.165, 1.54) is 10.7 Å². The number of carbonyl (C=O) groups excluding carboxylic acids is 1. The number of amides is 1. The fourth-order valence-electron chi connectivity index (χ4n) is 2.12. The molecule has 3 aromatic rings. The van der Waals surface area contributed by atoms with Crippen molar-refractivity contribution >= 4 is 33.0 Å². The average Bonchev–Trinajstić information content (AvgIpc) is 2.91. The van der Waals surface area contributed by atoms with E-state index in [1.54, 1.807) is 18.3 Å². The molecule has 0 aliphatic heterocycles. The van der Waals surface area contributed by atoms with E-state index in [1.807, 2.05) is 0 Å². The maximum atomic E-state index is 13.7. The lowest BCUT2D eigenvalue weighted by Crippen LogP contribution is -2.14. The third kappa shape index (κ3) is 3.12. The molecule has 0 aliphatic rings. The summed E-state index contributed by atoms with van der Waals surface area (Å²) in [5.74, 6) is -1.72. The molecule has 0 atom stereocenters. The average molecular weight is 402 g/mol. The van der Waals surface area contributed by atoms with Crippen LogP contribution >= 0.6 is 15.9 Å². The molecule has 0 aliphatic carbocycles. The molecule has 0 fully saturated rings. The van der Waals surface area contributed by atoms with Gasteiger partial charge in [0.05, 0.1) is 28.5 Å². The van der Waals surface area contributed by atoms with Crippen LogP contribution in [0.15, 0.2) is 47.2 Å². The van der Waals surface area contributed by atoms with Crippen LogP contribution in [0.2, 0.25) is 0 Å². The summed E-state index contributed by atoms with van der Waals surface area (Å²) in [5, 5.41) is 6.13. The van der Waals surface area contributed by atoms with Crippen LogP contribution in [0.3, 0.4) is 0 Å². The first-order chi connectivity index (χ1) is 11.3. The van der Waals surface area contributed by atoms with Crippen molar-refractivity contribution in [3.8, 4) is 0 Å². The first-order valence-electron chi connectivity index (χ1n) is 6.57. The predicted octanol–water partition coefficient (Wildman–Crippen LogP) is 4.51. The molecule has 0 spiro atoms. The van der Waals surface area contributed by atoms with Crippen molar-refractivity contribution in [1.29, 1.82) is 0 Å². The summed E-state index contributed by atoms with van der Waals surface area (Å²) < 4.78 is 54.0. The van der Waals surface area contributed by atoms with Gasteiger partial charge in [0.2, 0.25) is 0 Å². The number of carbonyl (C=O) groups is 1. The monoisotopic (exact) mass is 401 g/mol. The Kier molecular flexibility index (Phi) is 4.04. The molecule has 0 saturated carbocycles. The van der Waals surface area contributed by atoms with Crippen molar-refractivity contribution in [3.05, 3.63) is 64.1 Å². The molecule has 1 aromatic carbocycles. The van der Waals surface area contributed by atoms with Crippen molar-refractivity contribution < 1.29 is 22.4 Å². The summed E-state index contributed by atoms with van der Waals surface area (Å²) in [6.45, 7) is 0. The number of anilines is 1. The minimum Gasteiger partial charge on any atom is -0.319 e. The van der Waals surface area contributed by atoms with Gasteiger partial charge in [-0.25, -0.2) is 8.91 Å². The molecule has 124 valence electrons. The van der Waals surface area contributed by atoms with Crippen molar-refractivity contribution in [3.63, 3.8) is 0 Å². The van der Waals surface area contributed by atoms with Crippen LogP contribution in [-0.2, 0) is 6.18 Å². The highest BCUT2D eigenvalue weighted by atomic mass is 79.9. The van der Waals surface area contributed by atoms with Gasteiger partial charge in [0.25, 0.3) is 5.91 Å². The number of rotatable bonds is 2. The van der Waals surface area contributed by atoms with E-state index in [9.17, 15) is 22.4 Å². The zero-order chi connectivity index (χ0) is 17.5. The van der Waals surface area contributed by atoms with Gasteiger partial charge < -0.3 is 5.32 Å². The standard InChI is InChI=1S/C15H8BrF4N3O/c16-9-2-4-13-10(6-21-23(13)7-9)14(24)22-12-5-8(15(18,19)20)1-3-11(12)17/h1-7H,(H,22,24). The normalized spacial score (nSPS) is 11.7. The van der Waals surface area contributed by atoms with Crippen LogP contribution in [0, 0.1) is 5.82 Å². The molecule has 1 amide bonds. The molecular formula is C15H8BrF4N3O. The van der Waals surface area contributed by atoms with Crippen LogP contribution in [0.5, 0.6) is 0 Å². The van der Waals surface area contributed by atoms with Gasteiger partial charge >= 0.3 is 6.18 Å². The van der Waals surface area contributed by atoms with Gasteiger partial charge in [0.1, 0.15) is 5.82 Å². The summed E-state index contributed by atoms with van der Waals surface area (Å²) in [5.41, 5.74) is -1.06. The van der Waals surface area contributed by atoms with Crippen molar-refractivity contribution in [2.45, 2.75) is 6.18 Å². The van der Waals surface area contributed by atoms with Gasteiger partial charge in [0.15, 0.2) is 0 Å². The smallest absolute Gasteiger partial charge is 0.319 e. The molecule has 2 aromatic heterocycles. The zero-order valence-corrected chi connectivity index (χ0v) is 13.3. The van der Waals surface area contributed by atoms with Crippen LogP contribution in [0.4, 0.5) is 23.2 Å². The van der Waals surface area contributed by atoms with E-state index in [4.69, 9.17) is 0 Å². The fraction of sp³-hybridized carbons (Fsp3) is 0.0667. The number of hydrogen-bond acceptors (Lipinski definition) is 2. The molecule has 4 nitrogen and oxygen atoms in total. The maximum Gasteiger partial charge on any atom is 0.416 e. The summed E-state index contributed by atoms with van der Waals surface area (Å²) in [6, 6.07) is 5.10. The molecule has 0 saturated heterocycles. The number of halogens is 5. The Hall–Kier alpha value is -2.42. The Balaban J connectivity index is 1.94. The Bertz CT molecular complexity index is 936. The van der Waals surface area contributed by atoms with Crippen LogP contribution in [-0.4, -0.2) is 15.5 Å². The highest BCUT2D eigenvalue weighted by molar-refractivity contribution is 9.10. The van der Waals surface area contributed by atoms with E-state index in [-0.39, 0.29) is 5.56 Å². The molecule has 3 rings (SSSR count). The number of hydrogen-bond donors (Lipinski definition) is 1. The van der Waals surface area contributed by atoms with Crippen molar-refractivity contribution in [2.24, 2.45) is 0 Å². The minimum absolute atomic E-state index is 0.110. The second-order valence-electron chi connectivity index (χ2n) is 4.88. The largest absolute Gasteiger partial charge is 0.416 e. The summed E-state index contributed by atoms with van der Waals surface area (Å²) >= 11 is 3.25. The number of aromatic nitrogens is 2. The number of benzene rings is 1. The third-order valence-electron chi connectivity index (χ3n) is 3.27. The van der Waals surface area contributed by atoms with Gasteiger partial charge in [-0.3, -0.25) is 4.79 Å². The molecular weight excluding hydrogens is 394 g/mol.